The van der Waals surface area contributed by atoms with Crippen LogP contribution in [-0.2, 0) is 9.59 Å². The van der Waals surface area contributed by atoms with Crippen LogP contribution in [0.5, 0.6) is 5.75 Å². The number of thioether (sulfide) groups is 1. The monoisotopic (exact) mass is 440 g/mol. The van der Waals surface area contributed by atoms with Gasteiger partial charge >= 0.3 is 0 Å². The van der Waals surface area contributed by atoms with Gasteiger partial charge in [-0.3, -0.25) is 24.6 Å². The molecule has 1 fully saturated rings. The van der Waals surface area contributed by atoms with Crippen LogP contribution in [0.1, 0.15) is 6.42 Å². The number of ether oxygens (including phenoxy) is 1. The molecule has 3 rings (SSSR count). The highest BCUT2D eigenvalue weighted by atomic mass is 32.2. The van der Waals surface area contributed by atoms with Crippen molar-refractivity contribution in [3.8, 4) is 5.75 Å². The Labute approximate surface area is 182 Å². The Morgan fingerprint density at radius 3 is 2.74 bits per heavy atom. The second-order valence-corrected chi connectivity index (χ2v) is 7.64. The topological polar surface area (TPSA) is 114 Å². The van der Waals surface area contributed by atoms with Gasteiger partial charge in [-0.25, -0.2) is 4.99 Å². The van der Waals surface area contributed by atoms with E-state index in [0.29, 0.717) is 16.6 Å². The fraction of sp³-hybridized carbons (Fsp3) is 0.190. The minimum atomic E-state index is -0.695. The highest BCUT2D eigenvalue weighted by molar-refractivity contribution is 8.15. The zero-order valence-corrected chi connectivity index (χ0v) is 17.5. The number of carbonyl (C=O) groups excluding carboxylic acids is 2. The van der Waals surface area contributed by atoms with Gasteiger partial charge in [0.25, 0.3) is 5.69 Å². The molecule has 0 aromatic heterocycles. The molecule has 160 valence electrons. The van der Waals surface area contributed by atoms with Crippen molar-refractivity contribution in [2.24, 2.45) is 4.99 Å². The third-order valence-corrected chi connectivity index (χ3v) is 5.53. The molecule has 2 aromatic rings. The maximum Gasteiger partial charge on any atom is 0.296 e. The molecule has 0 saturated carbocycles. The Morgan fingerprint density at radius 1 is 1.35 bits per heavy atom. The summed E-state index contributed by atoms with van der Waals surface area (Å²) >= 11 is 1.18. The number of hydrogen-bond acceptors (Lipinski definition) is 7. The molecule has 1 N–H and O–H groups in total. The van der Waals surface area contributed by atoms with Crippen molar-refractivity contribution < 1.29 is 19.2 Å². The highest BCUT2D eigenvalue weighted by Gasteiger charge is 2.38. The number of aliphatic imine (C=N–C) groups is 1. The second-order valence-electron chi connectivity index (χ2n) is 6.47. The molecule has 1 aliphatic rings. The standard InChI is InChI=1S/C21H20N4O5S/c1-3-11-24-20(27)18(31-21(24)22-14-7-5-4-6-8-14)13-19(26)23-16-10-9-15(30-2)12-17(16)25(28)29/h3-10,12,18H,1,11,13H2,2H3,(H,23,26). The zero-order valence-electron chi connectivity index (χ0n) is 16.7. The molecule has 1 saturated heterocycles. The number of nitro benzene ring substituents is 1. The Bertz CT molecular complexity index is 1040. The molecule has 2 aromatic carbocycles. The molecule has 0 bridgehead atoms. The third-order valence-electron chi connectivity index (χ3n) is 4.36. The number of amides is 2. The number of amidine groups is 1. The van der Waals surface area contributed by atoms with E-state index in [2.05, 4.69) is 16.9 Å². The Hall–Kier alpha value is -3.66. The number of carbonyl (C=O) groups is 2. The largest absolute Gasteiger partial charge is 0.496 e. The third kappa shape index (κ3) is 5.28. The average molecular weight is 440 g/mol. The number of nitrogens with zero attached hydrogens (tertiary/aromatic N) is 3. The lowest BCUT2D eigenvalue weighted by Crippen LogP contribution is -2.33. The Balaban J connectivity index is 1.76. The number of hydrogen-bond donors (Lipinski definition) is 1. The summed E-state index contributed by atoms with van der Waals surface area (Å²) in [5, 5.41) is 13.6. The number of rotatable bonds is 8. The van der Waals surface area contributed by atoms with Crippen molar-refractivity contribution in [2.45, 2.75) is 11.7 Å². The van der Waals surface area contributed by atoms with E-state index in [-0.39, 0.29) is 30.2 Å². The van der Waals surface area contributed by atoms with Crippen LogP contribution in [0.2, 0.25) is 0 Å². The summed E-state index contributed by atoms with van der Waals surface area (Å²) in [4.78, 5) is 42.1. The van der Waals surface area contributed by atoms with Gasteiger partial charge in [-0.1, -0.05) is 36.0 Å². The maximum atomic E-state index is 12.8. The Kier molecular flexibility index (Phi) is 7.03. The predicted octanol–water partition coefficient (Wildman–Crippen LogP) is 3.75. The summed E-state index contributed by atoms with van der Waals surface area (Å²) in [7, 11) is 1.39. The van der Waals surface area contributed by atoms with E-state index < -0.39 is 16.1 Å². The summed E-state index contributed by atoms with van der Waals surface area (Å²) in [5.41, 5.74) is 0.427. The Morgan fingerprint density at radius 2 is 2.10 bits per heavy atom. The first-order valence-corrected chi connectivity index (χ1v) is 10.2. The van der Waals surface area contributed by atoms with Gasteiger partial charge in [0.2, 0.25) is 11.8 Å². The lowest BCUT2D eigenvalue weighted by molar-refractivity contribution is -0.384. The maximum absolute atomic E-state index is 12.8. The molecule has 1 aliphatic heterocycles. The molecule has 2 amide bonds. The van der Waals surface area contributed by atoms with E-state index in [4.69, 9.17) is 4.74 Å². The normalized spacial score (nSPS) is 16.9. The molecule has 0 spiro atoms. The van der Waals surface area contributed by atoms with E-state index in [1.807, 2.05) is 30.3 Å². The van der Waals surface area contributed by atoms with E-state index in [1.165, 1.54) is 42.0 Å². The first-order chi connectivity index (χ1) is 14.9. The first kappa shape index (κ1) is 22.0. The van der Waals surface area contributed by atoms with Gasteiger partial charge in [0.05, 0.1) is 23.8 Å². The predicted molar refractivity (Wildman–Crippen MR) is 120 cm³/mol. The number of nitro groups is 1. The van der Waals surface area contributed by atoms with Crippen LogP contribution in [0.4, 0.5) is 17.1 Å². The number of methoxy groups -OCH3 is 1. The van der Waals surface area contributed by atoms with E-state index in [1.54, 1.807) is 6.08 Å². The molecule has 9 nitrogen and oxygen atoms in total. The number of benzene rings is 2. The first-order valence-electron chi connectivity index (χ1n) is 9.28. The minimum absolute atomic E-state index is 0.0346. The van der Waals surface area contributed by atoms with Gasteiger partial charge < -0.3 is 10.1 Å². The molecule has 31 heavy (non-hydrogen) atoms. The van der Waals surface area contributed by atoms with E-state index >= 15 is 0 Å². The molecule has 1 heterocycles. The summed E-state index contributed by atoms with van der Waals surface area (Å²) < 4.78 is 4.99. The minimum Gasteiger partial charge on any atom is -0.496 e. The molecule has 10 heteroatoms. The van der Waals surface area contributed by atoms with Crippen molar-refractivity contribution >= 4 is 45.8 Å². The summed E-state index contributed by atoms with van der Waals surface area (Å²) in [6.07, 6.45) is 1.43. The van der Waals surface area contributed by atoms with Crippen LogP contribution in [0.3, 0.4) is 0 Å². The quantitative estimate of drug-likeness (QED) is 0.380. The molecule has 1 atom stereocenters. The number of para-hydroxylation sites is 1. The van der Waals surface area contributed by atoms with Crippen LogP contribution < -0.4 is 10.1 Å². The zero-order chi connectivity index (χ0) is 22.4. The van der Waals surface area contributed by atoms with Gasteiger partial charge in [-0.15, -0.1) is 6.58 Å². The van der Waals surface area contributed by atoms with Crippen molar-refractivity contribution in [3.05, 3.63) is 71.3 Å². The van der Waals surface area contributed by atoms with Gasteiger partial charge in [-0.05, 0) is 24.3 Å². The summed E-state index contributed by atoms with van der Waals surface area (Å²) in [6, 6.07) is 13.3. The highest BCUT2D eigenvalue weighted by Crippen LogP contribution is 2.33. The smallest absolute Gasteiger partial charge is 0.296 e. The van der Waals surface area contributed by atoms with Crippen LogP contribution in [-0.4, -0.2) is 45.7 Å². The van der Waals surface area contributed by atoms with Crippen LogP contribution in [0.15, 0.2) is 66.2 Å². The van der Waals surface area contributed by atoms with Crippen molar-refractivity contribution in [3.63, 3.8) is 0 Å². The fourth-order valence-corrected chi connectivity index (χ4v) is 4.07. The lowest BCUT2D eigenvalue weighted by atomic mass is 10.2. The molecular formula is C21H20N4O5S. The van der Waals surface area contributed by atoms with Crippen LogP contribution >= 0.6 is 11.8 Å². The van der Waals surface area contributed by atoms with E-state index in [0.717, 1.165) is 0 Å². The van der Waals surface area contributed by atoms with Crippen molar-refractivity contribution in [1.29, 1.82) is 0 Å². The molecule has 1 unspecified atom stereocenters. The van der Waals surface area contributed by atoms with Gasteiger partial charge in [-0.2, -0.15) is 0 Å². The van der Waals surface area contributed by atoms with Crippen LogP contribution in [0.25, 0.3) is 0 Å². The summed E-state index contributed by atoms with van der Waals surface area (Å²) in [6.45, 7) is 3.93. The van der Waals surface area contributed by atoms with E-state index in [9.17, 15) is 19.7 Å². The van der Waals surface area contributed by atoms with Crippen molar-refractivity contribution in [2.75, 3.05) is 19.0 Å². The second kappa shape index (κ2) is 9.90. The van der Waals surface area contributed by atoms with Crippen LogP contribution in [0, 0.1) is 10.1 Å². The summed E-state index contributed by atoms with van der Waals surface area (Å²) in [5.74, 6) is -0.481. The SMILES string of the molecule is C=CCN1C(=O)C(CC(=O)Nc2ccc(OC)cc2[N+](=O)[O-])SC1=Nc1ccccc1. The van der Waals surface area contributed by atoms with Gasteiger partial charge in [0.15, 0.2) is 5.17 Å². The van der Waals surface area contributed by atoms with Gasteiger partial charge in [0, 0.05) is 13.0 Å². The number of anilines is 1. The average Bonchev–Trinajstić information content (AvgIpc) is 3.03. The lowest BCUT2D eigenvalue weighted by Gasteiger charge is -2.13. The molecule has 0 radical (unpaired) electrons. The van der Waals surface area contributed by atoms with Crippen molar-refractivity contribution in [1.82, 2.24) is 4.90 Å². The fourth-order valence-electron chi connectivity index (χ4n) is 2.90. The number of nitrogens with one attached hydrogen (secondary N) is 1. The molecular weight excluding hydrogens is 420 g/mol. The molecule has 0 aliphatic carbocycles. The van der Waals surface area contributed by atoms with Gasteiger partial charge in [0.1, 0.15) is 16.7 Å².